The van der Waals surface area contributed by atoms with Crippen LogP contribution in [0.15, 0.2) is 24.3 Å². The van der Waals surface area contributed by atoms with Gasteiger partial charge in [-0.15, -0.1) is 0 Å². The maximum atomic E-state index is 13.9. The third-order valence-electron chi connectivity index (χ3n) is 4.60. The number of ether oxygens (including phenoxy) is 1. The van der Waals surface area contributed by atoms with E-state index >= 15 is 0 Å². The second kappa shape index (κ2) is 7.68. The molecule has 1 aromatic carbocycles. The number of carbonyl (C=O) groups is 1. The minimum Gasteiger partial charge on any atom is -0.494 e. The van der Waals surface area contributed by atoms with Gasteiger partial charge in [0.1, 0.15) is 11.6 Å². The van der Waals surface area contributed by atoms with E-state index in [1.165, 1.54) is 13.2 Å². The highest BCUT2D eigenvalue weighted by molar-refractivity contribution is 5.79. The number of aryl methyl sites for hydroxylation is 1. The van der Waals surface area contributed by atoms with Crippen LogP contribution in [0.25, 0.3) is 0 Å². The molecule has 2 heterocycles. The fourth-order valence-electron chi connectivity index (χ4n) is 3.36. The number of nitrogens with one attached hydrogen (secondary N) is 1. The molecule has 0 bridgehead atoms. The molecule has 1 amide bonds. The second-order valence-electron chi connectivity index (χ2n) is 6.37. The largest absolute Gasteiger partial charge is 0.494 e. The van der Waals surface area contributed by atoms with Crippen molar-refractivity contribution in [3.8, 4) is 5.75 Å². The van der Waals surface area contributed by atoms with E-state index in [-0.39, 0.29) is 24.1 Å². The Hall–Kier alpha value is -2.70. The molecule has 2 aromatic rings. The van der Waals surface area contributed by atoms with Crippen molar-refractivity contribution >= 4 is 11.7 Å². The summed E-state index contributed by atoms with van der Waals surface area (Å²) < 4.78 is 18.8. The number of amides is 1. The van der Waals surface area contributed by atoms with Crippen molar-refractivity contribution in [3.63, 3.8) is 0 Å². The molecule has 3 rings (SSSR count). The van der Waals surface area contributed by atoms with E-state index in [4.69, 9.17) is 4.74 Å². The van der Waals surface area contributed by atoms with Gasteiger partial charge in [-0.25, -0.2) is 14.4 Å². The first-order chi connectivity index (χ1) is 12.5. The van der Waals surface area contributed by atoms with Crippen molar-refractivity contribution in [1.29, 1.82) is 0 Å². The van der Waals surface area contributed by atoms with E-state index in [1.807, 2.05) is 17.9 Å². The van der Waals surface area contributed by atoms with Gasteiger partial charge in [0.25, 0.3) is 0 Å². The topological polar surface area (TPSA) is 67.4 Å². The van der Waals surface area contributed by atoms with Crippen molar-refractivity contribution in [1.82, 2.24) is 14.9 Å². The first kappa shape index (κ1) is 18.1. The summed E-state index contributed by atoms with van der Waals surface area (Å²) in [4.78, 5) is 23.5. The molecule has 138 valence electrons. The average molecular weight is 358 g/mol. The molecule has 0 aliphatic carbocycles. The smallest absolute Gasteiger partial charge is 0.227 e. The molecule has 1 atom stereocenters. The summed E-state index contributed by atoms with van der Waals surface area (Å²) in [6.07, 6.45) is 1.94. The van der Waals surface area contributed by atoms with E-state index in [0.29, 0.717) is 17.9 Å². The van der Waals surface area contributed by atoms with Crippen LogP contribution < -0.4 is 10.1 Å². The number of methoxy groups -OCH3 is 1. The zero-order chi connectivity index (χ0) is 18.7. The lowest BCUT2D eigenvalue weighted by atomic mass is 10.1. The number of benzene rings is 1. The molecule has 1 aliphatic rings. The lowest BCUT2D eigenvalue weighted by Gasteiger charge is -2.25. The van der Waals surface area contributed by atoms with Gasteiger partial charge in [0.15, 0.2) is 11.6 Å². The minimum absolute atomic E-state index is 0.0284. The highest BCUT2D eigenvalue weighted by Gasteiger charge is 2.31. The molecule has 0 saturated carbocycles. The standard InChI is InChI=1S/C19H23FN4O2/c1-12-22-15(11-18(21-2)23-12)16-5-4-8-24(16)19(25)10-13-6-7-17(26-3)14(20)9-13/h6-7,9,11,16H,4-5,8,10H2,1-3H3,(H,21,22,23)/t16-/m1/s1. The lowest BCUT2D eigenvalue weighted by Crippen LogP contribution is -2.32. The van der Waals surface area contributed by atoms with Crippen LogP contribution in [0, 0.1) is 12.7 Å². The van der Waals surface area contributed by atoms with Crippen LogP contribution in [0.5, 0.6) is 5.75 Å². The molecule has 0 unspecified atom stereocenters. The zero-order valence-electron chi connectivity index (χ0n) is 15.3. The van der Waals surface area contributed by atoms with Crippen molar-refractivity contribution in [3.05, 3.63) is 47.2 Å². The van der Waals surface area contributed by atoms with Crippen LogP contribution >= 0.6 is 0 Å². The molecule has 1 saturated heterocycles. The quantitative estimate of drug-likeness (QED) is 0.890. The third kappa shape index (κ3) is 3.76. The number of carbonyl (C=O) groups excluding carboxylic acids is 1. The Balaban J connectivity index is 1.78. The number of hydrogen-bond donors (Lipinski definition) is 1. The molecule has 26 heavy (non-hydrogen) atoms. The summed E-state index contributed by atoms with van der Waals surface area (Å²) in [6, 6.07) is 6.44. The van der Waals surface area contributed by atoms with Crippen molar-refractivity contribution in [2.45, 2.75) is 32.2 Å². The van der Waals surface area contributed by atoms with Gasteiger partial charge in [0.2, 0.25) is 5.91 Å². The number of likely N-dealkylation sites (tertiary alicyclic amines) is 1. The molecule has 1 fully saturated rings. The van der Waals surface area contributed by atoms with E-state index < -0.39 is 5.82 Å². The number of rotatable bonds is 5. The average Bonchev–Trinajstić information content (AvgIpc) is 3.11. The van der Waals surface area contributed by atoms with E-state index in [2.05, 4.69) is 15.3 Å². The number of aromatic nitrogens is 2. The normalized spacial score (nSPS) is 16.6. The molecule has 1 aliphatic heterocycles. The minimum atomic E-state index is -0.458. The number of halogens is 1. The maximum absolute atomic E-state index is 13.9. The highest BCUT2D eigenvalue weighted by atomic mass is 19.1. The monoisotopic (exact) mass is 358 g/mol. The van der Waals surface area contributed by atoms with Crippen LogP contribution in [0.3, 0.4) is 0 Å². The van der Waals surface area contributed by atoms with Gasteiger partial charge in [0.05, 0.1) is 25.3 Å². The predicted molar refractivity (Wildman–Crippen MR) is 96.7 cm³/mol. The van der Waals surface area contributed by atoms with Gasteiger partial charge in [-0.3, -0.25) is 4.79 Å². The van der Waals surface area contributed by atoms with Crippen molar-refractivity contribution in [2.24, 2.45) is 0 Å². The summed E-state index contributed by atoms with van der Waals surface area (Å²) in [5.74, 6) is 1.10. The Kier molecular flexibility index (Phi) is 5.35. The molecular formula is C19H23FN4O2. The summed E-state index contributed by atoms with van der Waals surface area (Å²) >= 11 is 0. The summed E-state index contributed by atoms with van der Waals surface area (Å²) in [5.41, 5.74) is 1.47. The molecular weight excluding hydrogens is 335 g/mol. The van der Waals surface area contributed by atoms with Gasteiger partial charge >= 0.3 is 0 Å². The Morgan fingerprint density at radius 3 is 2.88 bits per heavy atom. The number of hydrogen-bond acceptors (Lipinski definition) is 5. The fraction of sp³-hybridized carbons (Fsp3) is 0.421. The second-order valence-corrected chi connectivity index (χ2v) is 6.37. The number of anilines is 1. The van der Waals surface area contributed by atoms with Crippen molar-refractivity contribution < 1.29 is 13.9 Å². The first-order valence-electron chi connectivity index (χ1n) is 8.67. The highest BCUT2D eigenvalue weighted by Crippen LogP contribution is 2.32. The molecule has 1 aromatic heterocycles. The Morgan fingerprint density at radius 2 is 2.19 bits per heavy atom. The Bertz CT molecular complexity index is 812. The van der Waals surface area contributed by atoms with Gasteiger partial charge in [-0.05, 0) is 37.5 Å². The predicted octanol–water partition coefficient (Wildman–Crippen LogP) is 2.88. The molecule has 0 radical (unpaired) electrons. The molecule has 6 nitrogen and oxygen atoms in total. The van der Waals surface area contributed by atoms with Crippen LogP contribution in [-0.4, -0.2) is 41.5 Å². The van der Waals surface area contributed by atoms with E-state index in [9.17, 15) is 9.18 Å². The van der Waals surface area contributed by atoms with Crippen LogP contribution in [-0.2, 0) is 11.2 Å². The summed E-state index contributed by atoms with van der Waals surface area (Å²) in [6.45, 7) is 2.52. The Morgan fingerprint density at radius 1 is 1.38 bits per heavy atom. The van der Waals surface area contributed by atoms with Crippen molar-refractivity contribution in [2.75, 3.05) is 26.0 Å². The summed E-state index contributed by atoms with van der Waals surface area (Å²) in [5, 5.41) is 3.02. The molecule has 7 heteroatoms. The third-order valence-corrected chi connectivity index (χ3v) is 4.60. The zero-order valence-corrected chi connectivity index (χ0v) is 15.3. The van der Waals surface area contributed by atoms with Gasteiger partial charge in [-0.2, -0.15) is 0 Å². The first-order valence-corrected chi connectivity index (χ1v) is 8.67. The van der Waals surface area contributed by atoms with Crippen LogP contribution in [0.4, 0.5) is 10.2 Å². The van der Waals surface area contributed by atoms with Crippen LogP contribution in [0.1, 0.15) is 36.0 Å². The fourth-order valence-corrected chi connectivity index (χ4v) is 3.36. The number of nitrogens with zero attached hydrogens (tertiary/aromatic N) is 3. The van der Waals surface area contributed by atoms with E-state index in [1.54, 1.807) is 19.2 Å². The SMILES string of the molecule is CNc1cc([C@H]2CCCN2C(=O)Cc2ccc(OC)c(F)c2)nc(C)n1. The molecule has 0 spiro atoms. The van der Waals surface area contributed by atoms with Gasteiger partial charge < -0.3 is 15.0 Å². The van der Waals surface area contributed by atoms with Gasteiger partial charge in [0, 0.05) is 19.7 Å². The van der Waals surface area contributed by atoms with Crippen LogP contribution in [0.2, 0.25) is 0 Å². The molecule has 1 N–H and O–H groups in total. The Labute approximate surface area is 152 Å². The van der Waals surface area contributed by atoms with Gasteiger partial charge in [-0.1, -0.05) is 6.07 Å². The maximum Gasteiger partial charge on any atom is 0.227 e. The lowest BCUT2D eigenvalue weighted by molar-refractivity contribution is -0.131. The van der Waals surface area contributed by atoms with E-state index in [0.717, 1.165) is 24.4 Å². The summed E-state index contributed by atoms with van der Waals surface area (Å²) in [7, 11) is 3.22.